The molecule has 0 fully saturated rings. The van der Waals surface area contributed by atoms with Crippen LogP contribution in [0, 0.1) is 4.77 Å². The molecule has 10 heteroatoms. The minimum atomic E-state index is 0.183. The highest BCUT2D eigenvalue weighted by atomic mass is 35.5. The summed E-state index contributed by atoms with van der Waals surface area (Å²) in [5, 5.41) is 14.2. The maximum absolute atomic E-state index is 6.10. The van der Waals surface area contributed by atoms with Gasteiger partial charge < -0.3 is 9.15 Å². The van der Waals surface area contributed by atoms with Crippen molar-refractivity contribution in [1.82, 2.24) is 14.9 Å². The number of nitrogens with one attached hydrogen (secondary N) is 1. The SMILES string of the molecule is S=c1[nH]nc(-c2cccs2)n1/N=C\c1ccc(COc2c(Cl)cccc2Cl)o1. The molecule has 0 saturated carbocycles. The fourth-order valence-electron chi connectivity index (χ4n) is 2.38. The van der Waals surface area contributed by atoms with Crippen LogP contribution in [0.1, 0.15) is 11.5 Å². The third-order valence-electron chi connectivity index (χ3n) is 3.65. The summed E-state index contributed by atoms with van der Waals surface area (Å²) in [4.78, 5) is 0.953. The topological polar surface area (TPSA) is 68.3 Å². The van der Waals surface area contributed by atoms with Crippen molar-refractivity contribution in [2.75, 3.05) is 0 Å². The van der Waals surface area contributed by atoms with Gasteiger partial charge in [0.15, 0.2) is 11.6 Å². The molecule has 0 amide bonds. The summed E-state index contributed by atoms with van der Waals surface area (Å²) in [6, 6.07) is 12.6. The average Bonchev–Trinajstić information content (AvgIpc) is 3.41. The summed E-state index contributed by atoms with van der Waals surface area (Å²) in [7, 11) is 0. The number of hydrogen-bond acceptors (Lipinski definition) is 6. The molecule has 3 aromatic heterocycles. The van der Waals surface area contributed by atoms with Crippen LogP contribution in [0.3, 0.4) is 0 Å². The molecular weight excluding hydrogens is 439 g/mol. The average molecular weight is 451 g/mol. The van der Waals surface area contributed by atoms with Crippen LogP contribution in [0.15, 0.2) is 57.4 Å². The van der Waals surface area contributed by atoms with Crippen molar-refractivity contribution in [2.24, 2.45) is 5.10 Å². The van der Waals surface area contributed by atoms with E-state index in [0.717, 1.165) is 4.88 Å². The molecule has 0 aliphatic carbocycles. The highest BCUT2D eigenvalue weighted by Crippen LogP contribution is 2.33. The Morgan fingerprint density at radius 3 is 2.79 bits per heavy atom. The summed E-state index contributed by atoms with van der Waals surface area (Å²) in [6.45, 7) is 0.183. The van der Waals surface area contributed by atoms with Gasteiger partial charge >= 0.3 is 0 Å². The Balaban J connectivity index is 1.49. The van der Waals surface area contributed by atoms with Crippen LogP contribution in [0.4, 0.5) is 0 Å². The first-order chi connectivity index (χ1) is 13.6. The van der Waals surface area contributed by atoms with Crippen LogP contribution < -0.4 is 4.74 Å². The predicted molar refractivity (Wildman–Crippen MR) is 113 cm³/mol. The summed E-state index contributed by atoms with van der Waals surface area (Å²) in [5.74, 6) is 2.21. The number of benzene rings is 1. The quantitative estimate of drug-likeness (QED) is 0.287. The second-order valence-corrected chi connectivity index (χ2v) is 7.68. The molecule has 3 heterocycles. The first-order valence-electron chi connectivity index (χ1n) is 8.03. The number of rotatable bonds is 6. The van der Waals surface area contributed by atoms with Crippen LogP contribution >= 0.6 is 46.8 Å². The Morgan fingerprint density at radius 1 is 1.21 bits per heavy atom. The number of nitrogens with zero attached hydrogens (tertiary/aromatic N) is 3. The van der Waals surface area contributed by atoms with Crippen LogP contribution in [-0.4, -0.2) is 21.1 Å². The van der Waals surface area contributed by atoms with Crippen molar-refractivity contribution >= 4 is 53.0 Å². The van der Waals surface area contributed by atoms with Gasteiger partial charge in [0.1, 0.15) is 18.1 Å². The minimum Gasteiger partial charge on any atom is -0.483 e. The third-order valence-corrected chi connectivity index (χ3v) is 5.38. The molecule has 0 bridgehead atoms. The van der Waals surface area contributed by atoms with E-state index in [-0.39, 0.29) is 6.61 Å². The van der Waals surface area contributed by atoms with Gasteiger partial charge in [-0.3, -0.25) is 0 Å². The number of aromatic amines is 1. The molecule has 4 aromatic rings. The van der Waals surface area contributed by atoms with Gasteiger partial charge in [-0.2, -0.15) is 14.9 Å². The van der Waals surface area contributed by atoms with Gasteiger partial charge in [-0.25, -0.2) is 5.10 Å². The summed E-state index contributed by atoms with van der Waals surface area (Å²) in [5.41, 5.74) is 0. The highest BCUT2D eigenvalue weighted by Gasteiger charge is 2.10. The Kier molecular flexibility index (Phi) is 5.63. The largest absolute Gasteiger partial charge is 0.483 e. The first kappa shape index (κ1) is 18.9. The summed E-state index contributed by atoms with van der Waals surface area (Å²) >= 11 is 19.0. The monoisotopic (exact) mass is 450 g/mol. The molecule has 0 aliphatic rings. The van der Waals surface area contributed by atoms with Crippen molar-refractivity contribution in [2.45, 2.75) is 6.61 Å². The second-order valence-electron chi connectivity index (χ2n) is 5.53. The highest BCUT2D eigenvalue weighted by molar-refractivity contribution is 7.71. The van der Waals surface area contributed by atoms with Gasteiger partial charge in [0.05, 0.1) is 21.1 Å². The van der Waals surface area contributed by atoms with E-state index in [4.69, 9.17) is 44.6 Å². The van der Waals surface area contributed by atoms with Gasteiger partial charge in [0.2, 0.25) is 4.77 Å². The number of ether oxygens (including phenoxy) is 1. The lowest BCUT2D eigenvalue weighted by atomic mass is 10.3. The molecule has 4 rings (SSSR count). The lowest BCUT2D eigenvalue weighted by Crippen LogP contribution is -1.95. The molecule has 0 spiro atoms. The zero-order valence-corrected chi connectivity index (χ0v) is 17.3. The zero-order valence-electron chi connectivity index (χ0n) is 14.1. The van der Waals surface area contributed by atoms with E-state index in [2.05, 4.69) is 15.3 Å². The molecule has 1 N–H and O–H groups in total. The lowest BCUT2D eigenvalue weighted by Gasteiger charge is -2.07. The normalized spacial score (nSPS) is 11.4. The van der Waals surface area contributed by atoms with Crippen molar-refractivity contribution in [1.29, 1.82) is 0 Å². The lowest BCUT2D eigenvalue weighted by molar-refractivity contribution is 0.270. The number of para-hydroxylation sites is 1. The molecular formula is C18H12Cl2N4O2S2. The van der Waals surface area contributed by atoms with Gasteiger partial charge in [0.25, 0.3) is 0 Å². The third kappa shape index (κ3) is 4.05. The number of thiophene rings is 1. The summed E-state index contributed by atoms with van der Waals surface area (Å²) in [6.07, 6.45) is 1.56. The van der Waals surface area contributed by atoms with Gasteiger partial charge in [-0.15, -0.1) is 11.3 Å². The maximum Gasteiger partial charge on any atom is 0.216 e. The van der Waals surface area contributed by atoms with E-state index in [1.54, 1.807) is 52.6 Å². The Labute approximate surface area is 179 Å². The zero-order chi connectivity index (χ0) is 19.5. The maximum atomic E-state index is 6.10. The van der Waals surface area contributed by atoms with Crippen LogP contribution in [-0.2, 0) is 6.61 Å². The van der Waals surface area contributed by atoms with E-state index < -0.39 is 0 Å². The van der Waals surface area contributed by atoms with Gasteiger partial charge in [-0.05, 0) is 47.9 Å². The predicted octanol–water partition coefficient (Wildman–Crippen LogP) is 6.03. The minimum absolute atomic E-state index is 0.183. The molecule has 28 heavy (non-hydrogen) atoms. The molecule has 0 unspecified atom stereocenters. The van der Waals surface area contributed by atoms with Crippen LogP contribution in [0.2, 0.25) is 10.0 Å². The van der Waals surface area contributed by atoms with Gasteiger partial charge in [-0.1, -0.05) is 35.3 Å². The van der Waals surface area contributed by atoms with E-state index in [1.165, 1.54) is 0 Å². The van der Waals surface area contributed by atoms with Crippen molar-refractivity contribution < 1.29 is 9.15 Å². The van der Waals surface area contributed by atoms with E-state index in [9.17, 15) is 0 Å². The van der Waals surface area contributed by atoms with Crippen molar-refractivity contribution in [3.8, 4) is 16.5 Å². The van der Waals surface area contributed by atoms with Crippen molar-refractivity contribution in [3.63, 3.8) is 0 Å². The Hall–Kier alpha value is -2.39. The molecule has 0 aliphatic heterocycles. The molecule has 142 valence electrons. The summed E-state index contributed by atoms with van der Waals surface area (Å²) < 4.78 is 13.3. The Bertz CT molecular complexity index is 1160. The van der Waals surface area contributed by atoms with Crippen molar-refractivity contribution in [3.05, 3.63) is 74.2 Å². The fraction of sp³-hybridized carbons (Fsp3) is 0.0556. The molecule has 1 aromatic carbocycles. The smallest absolute Gasteiger partial charge is 0.216 e. The number of hydrogen-bond donors (Lipinski definition) is 1. The Morgan fingerprint density at radius 2 is 2.04 bits per heavy atom. The standard InChI is InChI=1S/C18H12Cl2N4O2S2/c19-13-3-1-4-14(20)16(13)25-10-12-7-6-11(26-12)9-21-24-17(22-23-18(24)27)15-5-2-8-28-15/h1-9H,10H2,(H,23,27)/b21-9-. The number of halogens is 2. The van der Waals surface area contributed by atoms with Gasteiger partial charge in [0, 0.05) is 0 Å². The molecule has 6 nitrogen and oxygen atoms in total. The second kappa shape index (κ2) is 8.32. The van der Waals surface area contributed by atoms with E-state index in [1.807, 2.05) is 17.5 Å². The number of furan rings is 1. The number of aromatic nitrogens is 3. The molecule has 0 radical (unpaired) electrons. The molecule has 0 saturated heterocycles. The van der Waals surface area contributed by atoms with Crippen LogP contribution in [0.25, 0.3) is 10.7 Å². The first-order valence-corrected chi connectivity index (χ1v) is 10.1. The molecule has 0 atom stereocenters. The van der Waals surface area contributed by atoms with Crippen LogP contribution in [0.5, 0.6) is 5.75 Å². The van der Waals surface area contributed by atoms with E-state index in [0.29, 0.717) is 37.9 Å². The van der Waals surface area contributed by atoms with E-state index >= 15 is 0 Å². The number of H-pyrrole nitrogens is 1. The fourth-order valence-corrected chi connectivity index (χ4v) is 3.77.